The van der Waals surface area contributed by atoms with Crippen molar-refractivity contribution in [2.24, 2.45) is 0 Å². The molecule has 0 saturated heterocycles. The molecule has 0 aliphatic heterocycles. The second-order valence-corrected chi connectivity index (χ2v) is 7.98. The number of carbonyl (C=O) groups is 2. The van der Waals surface area contributed by atoms with Crippen LogP contribution in [0.15, 0.2) is 85.1 Å². The van der Waals surface area contributed by atoms with Gasteiger partial charge in [-0.25, -0.2) is 9.59 Å². The number of hydrogen-bond acceptors (Lipinski definition) is 5. The number of allylic oxidation sites excluding steroid dienone is 1. The van der Waals surface area contributed by atoms with Crippen molar-refractivity contribution in [2.75, 3.05) is 13.2 Å². The number of carbonyl (C=O) groups excluding carboxylic acids is 2. The van der Waals surface area contributed by atoms with Crippen LogP contribution in [0.3, 0.4) is 0 Å². The maximum absolute atomic E-state index is 12.1. The van der Waals surface area contributed by atoms with E-state index in [1.54, 1.807) is 44.3 Å². The summed E-state index contributed by atoms with van der Waals surface area (Å²) >= 11 is 0. The molecule has 35 heavy (non-hydrogen) atoms. The molecule has 0 fully saturated rings. The second-order valence-electron chi connectivity index (χ2n) is 7.98. The average Bonchev–Trinajstić information content (AvgIpc) is 2.89. The molecule has 0 N–H and O–H groups in total. The topological polar surface area (TPSA) is 65.5 Å². The van der Waals surface area contributed by atoms with Crippen LogP contribution in [-0.2, 0) is 15.9 Å². The number of ether oxygens (including phenoxy) is 2. The maximum Gasteiger partial charge on any atom is 0.338 e. The molecule has 5 nitrogen and oxygen atoms in total. The number of hydrogen-bond donors (Lipinski definition) is 0. The maximum atomic E-state index is 12.1. The number of pyridine rings is 1. The van der Waals surface area contributed by atoms with Gasteiger partial charge in [0.05, 0.1) is 29.9 Å². The molecule has 0 radical (unpaired) electrons. The van der Waals surface area contributed by atoms with Crippen LogP contribution in [0, 0.1) is 0 Å². The third-order valence-corrected chi connectivity index (χ3v) is 5.63. The van der Waals surface area contributed by atoms with Crippen LogP contribution in [0.4, 0.5) is 0 Å². The Hall–Kier alpha value is -4.25. The highest BCUT2D eigenvalue weighted by molar-refractivity contribution is 5.92. The van der Waals surface area contributed by atoms with Gasteiger partial charge >= 0.3 is 11.9 Å². The Kier molecular flexibility index (Phi) is 7.68. The zero-order chi connectivity index (χ0) is 24.6. The standard InChI is InChI=1S/C30H27NO4/c1-3-34-29(32)24-12-10-21(11-13-24)19-27(22-14-16-25(17-15-22)30(33)35-4-2)20-26-8-5-7-23-9-6-18-31-28(23)26/h5-19H,3-4,20H2,1-2H3/b27-19-. The molecule has 0 unspecified atom stereocenters. The van der Waals surface area contributed by atoms with Crippen molar-refractivity contribution in [1.29, 1.82) is 0 Å². The molecular weight excluding hydrogens is 438 g/mol. The van der Waals surface area contributed by atoms with Crippen molar-refractivity contribution < 1.29 is 19.1 Å². The summed E-state index contributed by atoms with van der Waals surface area (Å²) in [5.74, 6) is -0.669. The molecule has 0 aliphatic carbocycles. The number of esters is 2. The van der Waals surface area contributed by atoms with Gasteiger partial charge in [0.25, 0.3) is 0 Å². The minimum absolute atomic E-state index is 0.334. The van der Waals surface area contributed by atoms with Gasteiger partial charge in [-0.05, 0) is 66.4 Å². The van der Waals surface area contributed by atoms with Crippen molar-refractivity contribution in [3.63, 3.8) is 0 Å². The molecule has 5 heteroatoms. The van der Waals surface area contributed by atoms with Crippen molar-refractivity contribution in [2.45, 2.75) is 20.3 Å². The third kappa shape index (κ3) is 5.82. The van der Waals surface area contributed by atoms with Gasteiger partial charge < -0.3 is 9.47 Å². The monoisotopic (exact) mass is 465 g/mol. The number of fused-ring (bicyclic) bond motifs is 1. The van der Waals surface area contributed by atoms with Crippen LogP contribution in [0.2, 0.25) is 0 Å². The molecule has 0 saturated carbocycles. The van der Waals surface area contributed by atoms with Crippen molar-refractivity contribution in [1.82, 2.24) is 4.98 Å². The average molecular weight is 466 g/mol. The summed E-state index contributed by atoms with van der Waals surface area (Å²) < 4.78 is 10.2. The summed E-state index contributed by atoms with van der Waals surface area (Å²) in [7, 11) is 0. The highest BCUT2D eigenvalue weighted by Gasteiger charge is 2.11. The zero-order valence-electron chi connectivity index (χ0n) is 19.9. The Morgan fingerprint density at radius 2 is 1.31 bits per heavy atom. The summed E-state index contributed by atoms with van der Waals surface area (Å²) in [5.41, 5.74) is 6.09. The summed E-state index contributed by atoms with van der Waals surface area (Å²) in [5, 5.41) is 1.08. The number of aromatic nitrogens is 1. The van der Waals surface area contributed by atoms with Gasteiger partial charge in [0.1, 0.15) is 0 Å². The van der Waals surface area contributed by atoms with Gasteiger partial charge in [0, 0.05) is 18.0 Å². The Morgan fingerprint density at radius 1 is 0.743 bits per heavy atom. The third-order valence-electron chi connectivity index (χ3n) is 5.63. The fourth-order valence-electron chi connectivity index (χ4n) is 3.92. The molecular formula is C30H27NO4. The van der Waals surface area contributed by atoms with Crippen LogP contribution >= 0.6 is 0 Å². The van der Waals surface area contributed by atoms with Gasteiger partial charge in [-0.15, -0.1) is 0 Å². The number of rotatable bonds is 8. The molecule has 0 bridgehead atoms. The highest BCUT2D eigenvalue weighted by atomic mass is 16.5. The van der Waals surface area contributed by atoms with Crippen LogP contribution in [0.1, 0.15) is 51.3 Å². The first-order valence-electron chi connectivity index (χ1n) is 11.7. The quantitative estimate of drug-likeness (QED) is 0.223. The zero-order valence-corrected chi connectivity index (χ0v) is 19.9. The molecule has 0 aliphatic rings. The van der Waals surface area contributed by atoms with Gasteiger partial charge in [0.2, 0.25) is 0 Å². The van der Waals surface area contributed by atoms with Crippen LogP contribution in [0.25, 0.3) is 22.6 Å². The normalized spacial score (nSPS) is 11.3. The van der Waals surface area contributed by atoms with Gasteiger partial charge in [-0.3, -0.25) is 4.98 Å². The molecule has 0 atom stereocenters. The Morgan fingerprint density at radius 3 is 1.94 bits per heavy atom. The Labute approximate surface area is 205 Å². The first kappa shape index (κ1) is 23.9. The molecule has 1 heterocycles. The van der Waals surface area contributed by atoms with Crippen LogP contribution in [-0.4, -0.2) is 30.1 Å². The van der Waals surface area contributed by atoms with E-state index in [9.17, 15) is 9.59 Å². The van der Waals surface area contributed by atoms with E-state index < -0.39 is 0 Å². The number of para-hydroxylation sites is 1. The summed E-state index contributed by atoms with van der Waals surface area (Å²) in [4.78, 5) is 28.7. The van der Waals surface area contributed by atoms with E-state index in [-0.39, 0.29) is 11.9 Å². The number of benzene rings is 3. The van der Waals surface area contributed by atoms with Gasteiger partial charge in [-0.2, -0.15) is 0 Å². The van der Waals surface area contributed by atoms with E-state index in [4.69, 9.17) is 9.47 Å². The SMILES string of the molecule is CCOC(=O)c1ccc(/C=C(/Cc2cccc3cccnc23)c2ccc(C(=O)OCC)cc2)cc1. The van der Waals surface area contributed by atoms with Crippen molar-refractivity contribution >= 4 is 34.5 Å². The van der Waals surface area contributed by atoms with E-state index in [0.29, 0.717) is 30.8 Å². The Balaban J connectivity index is 1.72. The predicted octanol–water partition coefficient (Wildman–Crippen LogP) is 6.37. The fraction of sp³-hybridized carbons (Fsp3) is 0.167. The highest BCUT2D eigenvalue weighted by Crippen LogP contribution is 2.27. The molecule has 0 amide bonds. The molecule has 3 aromatic carbocycles. The first-order chi connectivity index (χ1) is 17.1. The fourth-order valence-corrected chi connectivity index (χ4v) is 3.92. The first-order valence-corrected chi connectivity index (χ1v) is 11.7. The smallest absolute Gasteiger partial charge is 0.338 e. The van der Waals surface area contributed by atoms with Crippen molar-refractivity contribution in [3.05, 3.63) is 113 Å². The largest absolute Gasteiger partial charge is 0.462 e. The van der Waals surface area contributed by atoms with Gasteiger partial charge in [-0.1, -0.05) is 54.6 Å². The van der Waals surface area contributed by atoms with E-state index >= 15 is 0 Å². The van der Waals surface area contributed by atoms with E-state index in [1.807, 2.05) is 36.4 Å². The molecule has 4 rings (SSSR count). The predicted molar refractivity (Wildman–Crippen MR) is 138 cm³/mol. The van der Waals surface area contributed by atoms with E-state index in [0.717, 1.165) is 33.2 Å². The Bertz CT molecular complexity index is 1350. The lowest BCUT2D eigenvalue weighted by Gasteiger charge is -2.12. The lowest BCUT2D eigenvalue weighted by atomic mass is 9.94. The summed E-state index contributed by atoms with van der Waals surface area (Å²) in [6.45, 7) is 4.25. The minimum atomic E-state index is -0.336. The second kappa shape index (κ2) is 11.3. The summed E-state index contributed by atoms with van der Waals surface area (Å²) in [6, 6.07) is 24.9. The minimum Gasteiger partial charge on any atom is -0.462 e. The van der Waals surface area contributed by atoms with Crippen molar-refractivity contribution in [3.8, 4) is 0 Å². The lowest BCUT2D eigenvalue weighted by Crippen LogP contribution is -2.04. The lowest BCUT2D eigenvalue weighted by molar-refractivity contribution is 0.0516. The summed E-state index contributed by atoms with van der Waals surface area (Å²) in [6.07, 6.45) is 4.54. The molecule has 4 aromatic rings. The van der Waals surface area contributed by atoms with E-state index in [1.165, 1.54) is 0 Å². The molecule has 1 aromatic heterocycles. The molecule has 0 spiro atoms. The van der Waals surface area contributed by atoms with Crippen LogP contribution < -0.4 is 0 Å². The van der Waals surface area contributed by atoms with E-state index in [2.05, 4.69) is 29.3 Å². The number of nitrogens with zero attached hydrogens (tertiary/aromatic N) is 1. The molecule has 176 valence electrons. The van der Waals surface area contributed by atoms with Gasteiger partial charge in [0.15, 0.2) is 0 Å². The van der Waals surface area contributed by atoms with Crippen LogP contribution in [0.5, 0.6) is 0 Å².